The van der Waals surface area contributed by atoms with Gasteiger partial charge in [0.05, 0.1) is 0 Å². The highest BCUT2D eigenvalue weighted by Gasteiger charge is 2.29. The molecule has 2 atom stereocenters. The van der Waals surface area contributed by atoms with E-state index in [9.17, 15) is 4.39 Å². The van der Waals surface area contributed by atoms with E-state index in [1.165, 1.54) is 25.7 Å². The Hall–Kier alpha value is -0.110. The minimum Gasteiger partial charge on any atom is -0.311 e. The van der Waals surface area contributed by atoms with Crippen LogP contribution >= 0.6 is 0 Å². The topological polar surface area (TPSA) is 12.0 Å². The van der Waals surface area contributed by atoms with E-state index in [1.807, 2.05) is 0 Å². The van der Waals surface area contributed by atoms with Crippen molar-refractivity contribution in [2.24, 2.45) is 0 Å². The summed E-state index contributed by atoms with van der Waals surface area (Å²) in [4.78, 5) is 0. The Morgan fingerprint density at radius 2 is 2.08 bits per heavy atom. The van der Waals surface area contributed by atoms with Gasteiger partial charge in [-0.1, -0.05) is 26.2 Å². The average molecular weight is 173 g/mol. The van der Waals surface area contributed by atoms with Gasteiger partial charge in [-0.3, -0.25) is 0 Å². The van der Waals surface area contributed by atoms with Gasteiger partial charge < -0.3 is 5.32 Å². The molecule has 0 spiro atoms. The molecule has 72 valence electrons. The van der Waals surface area contributed by atoms with Crippen molar-refractivity contribution in [3.05, 3.63) is 0 Å². The molecule has 0 amide bonds. The number of alkyl halides is 1. The molecular weight excluding hydrogens is 153 g/mol. The van der Waals surface area contributed by atoms with Crippen LogP contribution in [0.5, 0.6) is 0 Å². The molecule has 0 saturated heterocycles. The second kappa shape index (κ2) is 5.52. The van der Waals surface area contributed by atoms with Gasteiger partial charge in [-0.2, -0.15) is 0 Å². The monoisotopic (exact) mass is 173 g/mol. The molecule has 1 N–H and O–H groups in total. The largest absolute Gasteiger partial charge is 0.311 e. The molecule has 0 aliphatic heterocycles. The van der Waals surface area contributed by atoms with Crippen LogP contribution in [-0.2, 0) is 0 Å². The summed E-state index contributed by atoms with van der Waals surface area (Å²) in [5.41, 5.74) is 0. The first-order chi connectivity index (χ1) is 5.84. The predicted octanol–water partition coefficient (Wildman–Crippen LogP) is 2.66. The fourth-order valence-electron chi connectivity index (χ4n) is 1.53. The molecule has 1 rings (SSSR count). The summed E-state index contributed by atoms with van der Waals surface area (Å²) in [5, 5.41) is 3.25. The van der Waals surface area contributed by atoms with Gasteiger partial charge in [0.25, 0.3) is 0 Å². The zero-order valence-corrected chi connectivity index (χ0v) is 7.98. The molecule has 0 aromatic heterocycles. The van der Waals surface area contributed by atoms with Gasteiger partial charge in [0.15, 0.2) is 0 Å². The van der Waals surface area contributed by atoms with Crippen molar-refractivity contribution in [2.75, 3.05) is 6.54 Å². The zero-order valence-electron chi connectivity index (χ0n) is 7.98. The predicted molar refractivity (Wildman–Crippen MR) is 50.1 cm³/mol. The summed E-state index contributed by atoms with van der Waals surface area (Å²) in [7, 11) is 0. The second-order valence-electron chi connectivity index (χ2n) is 3.71. The molecule has 1 fully saturated rings. The highest BCUT2D eigenvalue weighted by Crippen LogP contribution is 2.22. The average Bonchev–Trinajstić information content (AvgIpc) is 2.08. The molecule has 1 nitrogen and oxygen atoms in total. The van der Waals surface area contributed by atoms with Gasteiger partial charge in [-0.15, -0.1) is 0 Å². The fourth-order valence-corrected chi connectivity index (χ4v) is 1.53. The third-order valence-corrected chi connectivity index (χ3v) is 2.63. The summed E-state index contributed by atoms with van der Waals surface area (Å²) >= 11 is 0. The highest BCUT2D eigenvalue weighted by atomic mass is 19.1. The second-order valence-corrected chi connectivity index (χ2v) is 3.71. The van der Waals surface area contributed by atoms with Crippen molar-refractivity contribution in [2.45, 2.75) is 57.7 Å². The number of nitrogens with one attached hydrogen (secondary N) is 1. The number of unbranched alkanes of at least 4 members (excludes halogenated alkanes) is 3. The standard InChI is InChI=1S/C10H20FN/c1-2-3-4-5-8-12-10-7-6-9(10)11/h9-10,12H,2-8H2,1H3. The molecule has 12 heavy (non-hydrogen) atoms. The van der Waals surface area contributed by atoms with Crippen molar-refractivity contribution in [3.8, 4) is 0 Å². The van der Waals surface area contributed by atoms with Crippen molar-refractivity contribution in [1.29, 1.82) is 0 Å². The minimum atomic E-state index is -0.559. The van der Waals surface area contributed by atoms with Crippen LogP contribution in [-0.4, -0.2) is 18.8 Å². The Morgan fingerprint density at radius 3 is 2.58 bits per heavy atom. The van der Waals surface area contributed by atoms with Crippen molar-refractivity contribution >= 4 is 0 Å². The van der Waals surface area contributed by atoms with E-state index in [-0.39, 0.29) is 6.04 Å². The van der Waals surface area contributed by atoms with E-state index in [2.05, 4.69) is 12.2 Å². The van der Waals surface area contributed by atoms with Gasteiger partial charge in [-0.05, 0) is 25.8 Å². The molecule has 0 aromatic carbocycles. The minimum absolute atomic E-state index is 0.187. The third-order valence-electron chi connectivity index (χ3n) is 2.63. The van der Waals surface area contributed by atoms with Crippen LogP contribution in [0.15, 0.2) is 0 Å². The number of hydrogen-bond acceptors (Lipinski definition) is 1. The lowest BCUT2D eigenvalue weighted by atomic mass is 9.90. The summed E-state index contributed by atoms with van der Waals surface area (Å²) in [6, 6.07) is 0.187. The van der Waals surface area contributed by atoms with Gasteiger partial charge in [0.1, 0.15) is 6.17 Å². The Labute approximate surface area is 74.7 Å². The number of hydrogen-bond donors (Lipinski definition) is 1. The maximum absolute atomic E-state index is 12.7. The smallest absolute Gasteiger partial charge is 0.115 e. The molecule has 2 unspecified atom stereocenters. The van der Waals surface area contributed by atoms with E-state index in [0.29, 0.717) is 0 Å². The van der Waals surface area contributed by atoms with Crippen LogP contribution in [0.3, 0.4) is 0 Å². The van der Waals surface area contributed by atoms with Gasteiger partial charge in [0, 0.05) is 6.04 Å². The lowest BCUT2D eigenvalue weighted by molar-refractivity contribution is 0.142. The van der Waals surface area contributed by atoms with E-state index in [0.717, 1.165) is 19.4 Å². The lowest BCUT2D eigenvalue weighted by Crippen LogP contribution is -2.45. The summed E-state index contributed by atoms with van der Waals surface area (Å²) < 4.78 is 12.7. The van der Waals surface area contributed by atoms with Crippen LogP contribution < -0.4 is 5.32 Å². The molecule has 0 heterocycles. The number of halogens is 1. The molecule has 0 aromatic rings. The van der Waals surface area contributed by atoms with Gasteiger partial charge >= 0.3 is 0 Å². The molecule has 1 saturated carbocycles. The summed E-state index contributed by atoms with van der Waals surface area (Å²) in [6.45, 7) is 3.21. The highest BCUT2D eigenvalue weighted by molar-refractivity contribution is 4.86. The van der Waals surface area contributed by atoms with Crippen LogP contribution in [0, 0.1) is 0 Å². The molecule has 0 bridgehead atoms. The first-order valence-corrected chi connectivity index (χ1v) is 5.22. The fraction of sp³-hybridized carbons (Fsp3) is 1.00. The van der Waals surface area contributed by atoms with Crippen molar-refractivity contribution in [1.82, 2.24) is 5.32 Å². The Kier molecular flexibility index (Phi) is 4.59. The Bertz CT molecular complexity index is 116. The molecule has 0 radical (unpaired) electrons. The Balaban J connectivity index is 1.82. The number of rotatable bonds is 6. The van der Waals surface area contributed by atoms with E-state index < -0.39 is 6.17 Å². The molecular formula is C10H20FN. The first-order valence-electron chi connectivity index (χ1n) is 5.22. The van der Waals surface area contributed by atoms with Gasteiger partial charge in [0.2, 0.25) is 0 Å². The van der Waals surface area contributed by atoms with E-state index in [1.54, 1.807) is 0 Å². The van der Waals surface area contributed by atoms with Gasteiger partial charge in [-0.25, -0.2) is 4.39 Å². The quantitative estimate of drug-likeness (QED) is 0.609. The summed E-state index contributed by atoms with van der Waals surface area (Å²) in [5.74, 6) is 0. The molecule has 1 aliphatic rings. The van der Waals surface area contributed by atoms with E-state index >= 15 is 0 Å². The van der Waals surface area contributed by atoms with Crippen LogP contribution in [0.25, 0.3) is 0 Å². The third kappa shape index (κ3) is 3.10. The molecule has 2 heteroatoms. The summed E-state index contributed by atoms with van der Waals surface area (Å²) in [6.07, 6.45) is 6.32. The lowest BCUT2D eigenvalue weighted by Gasteiger charge is -2.31. The van der Waals surface area contributed by atoms with Crippen molar-refractivity contribution < 1.29 is 4.39 Å². The zero-order chi connectivity index (χ0) is 8.81. The molecule has 1 aliphatic carbocycles. The SMILES string of the molecule is CCCCCCNC1CCC1F. The maximum atomic E-state index is 12.7. The van der Waals surface area contributed by atoms with E-state index in [4.69, 9.17) is 0 Å². The maximum Gasteiger partial charge on any atom is 0.115 e. The van der Waals surface area contributed by atoms with Crippen LogP contribution in [0.1, 0.15) is 45.4 Å². The Morgan fingerprint density at radius 1 is 1.25 bits per heavy atom. The van der Waals surface area contributed by atoms with Crippen LogP contribution in [0.2, 0.25) is 0 Å². The first kappa shape index (κ1) is 9.97. The van der Waals surface area contributed by atoms with Crippen LogP contribution in [0.4, 0.5) is 4.39 Å². The van der Waals surface area contributed by atoms with Crippen molar-refractivity contribution in [3.63, 3.8) is 0 Å². The normalized spacial score (nSPS) is 28.5.